The molecule has 0 spiro atoms. The molecule has 0 aliphatic heterocycles. The number of aromatic nitrogens is 1. The molecule has 3 rings (SSSR count). The minimum absolute atomic E-state index is 0.329. The molecule has 108 valence electrons. The first-order chi connectivity index (χ1) is 10.2. The molecule has 0 bridgehead atoms. The first-order valence-corrected chi connectivity index (χ1v) is 8.43. The maximum absolute atomic E-state index is 13.0. The zero-order valence-electron chi connectivity index (χ0n) is 11.4. The topological polar surface area (TPSA) is 50.9 Å². The van der Waals surface area contributed by atoms with Gasteiger partial charge in [-0.1, -0.05) is 23.9 Å². The minimum Gasteiger partial charge on any atom is -0.397 e. The number of nitrogen functional groups attached to an aromatic ring is 1. The third-order valence-electron chi connectivity index (χ3n) is 3.14. The predicted molar refractivity (Wildman–Crippen MR) is 89.5 cm³/mol. The van der Waals surface area contributed by atoms with Gasteiger partial charge in [-0.05, 0) is 36.1 Å². The third-order valence-corrected chi connectivity index (χ3v) is 5.15. The number of para-hydroxylation sites is 1. The average molecular weight is 319 g/mol. The lowest BCUT2D eigenvalue weighted by Crippen LogP contribution is -2.03. The van der Waals surface area contributed by atoms with Crippen LogP contribution in [0.3, 0.4) is 0 Å². The van der Waals surface area contributed by atoms with Gasteiger partial charge < -0.3 is 11.1 Å². The maximum atomic E-state index is 13.0. The molecule has 0 amide bonds. The quantitative estimate of drug-likeness (QED) is 0.554. The van der Waals surface area contributed by atoms with Gasteiger partial charge in [0.15, 0.2) is 4.34 Å². The van der Waals surface area contributed by atoms with E-state index >= 15 is 0 Å². The Morgan fingerprint density at radius 1 is 1.33 bits per heavy atom. The standard InChI is InChI=1S/C15H14FN3S2/c1-20-15-19-14-9(3-2-4-13(14)21-15)8-18-12-6-5-10(16)7-11(12)17/h2-7,18H,8,17H2,1H3. The Balaban J connectivity index is 1.86. The molecule has 1 heterocycles. The van der Waals surface area contributed by atoms with Crippen molar-refractivity contribution in [3.8, 4) is 0 Å². The van der Waals surface area contributed by atoms with Gasteiger partial charge in [-0.3, -0.25) is 0 Å². The number of hydrogen-bond acceptors (Lipinski definition) is 5. The number of nitrogens with zero attached hydrogens (tertiary/aromatic N) is 1. The van der Waals surface area contributed by atoms with Gasteiger partial charge in [0, 0.05) is 6.54 Å². The number of fused-ring (bicyclic) bond motifs is 1. The fourth-order valence-electron chi connectivity index (χ4n) is 2.10. The van der Waals surface area contributed by atoms with Crippen molar-refractivity contribution in [1.82, 2.24) is 4.98 Å². The molecule has 0 radical (unpaired) electrons. The second kappa shape index (κ2) is 5.91. The van der Waals surface area contributed by atoms with Crippen LogP contribution in [-0.4, -0.2) is 11.2 Å². The fourth-order valence-corrected chi connectivity index (χ4v) is 3.63. The highest BCUT2D eigenvalue weighted by atomic mass is 32.2. The van der Waals surface area contributed by atoms with Gasteiger partial charge in [-0.15, -0.1) is 11.3 Å². The van der Waals surface area contributed by atoms with Crippen LogP contribution in [0.25, 0.3) is 10.2 Å². The van der Waals surface area contributed by atoms with E-state index in [9.17, 15) is 4.39 Å². The first kappa shape index (κ1) is 14.2. The maximum Gasteiger partial charge on any atom is 0.150 e. The Labute approximate surface area is 130 Å². The van der Waals surface area contributed by atoms with Crippen LogP contribution in [0.15, 0.2) is 40.7 Å². The van der Waals surface area contributed by atoms with Crippen molar-refractivity contribution in [2.45, 2.75) is 10.9 Å². The molecule has 6 heteroatoms. The molecule has 0 atom stereocenters. The third kappa shape index (κ3) is 2.96. The van der Waals surface area contributed by atoms with Crippen molar-refractivity contribution >= 4 is 44.7 Å². The van der Waals surface area contributed by atoms with Gasteiger partial charge >= 0.3 is 0 Å². The molecular formula is C15H14FN3S2. The number of halogens is 1. The lowest BCUT2D eigenvalue weighted by Gasteiger charge is -2.09. The monoisotopic (exact) mass is 319 g/mol. The van der Waals surface area contributed by atoms with Crippen LogP contribution in [0.2, 0.25) is 0 Å². The summed E-state index contributed by atoms with van der Waals surface area (Å²) in [7, 11) is 0. The molecule has 3 N–H and O–H groups in total. The van der Waals surface area contributed by atoms with Crippen LogP contribution >= 0.6 is 23.1 Å². The molecule has 0 aliphatic carbocycles. The Bertz CT molecular complexity index is 786. The number of nitrogens with two attached hydrogens (primary N) is 1. The van der Waals surface area contributed by atoms with Crippen molar-refractivity contribution in [3.05, 3.63) is 47.8 Å². The average Bonchev–Trinajstić information content (AvgIpc) is 2.90. The van der Waals surface area contributed by atoms with Gasteiger partial charge in [0.25, 0.3) is 0 Å². The molecule has 0 fully saturated rings. The first-order valence-electron chi connectivity index (χ1n) is 6.38. The lowest BCUT2D eigenvalue weighted by atomic mass is 10.2. The Morgan fingerprint density at radius 2 is 2.19 bits per heavy atom. The fraction of sp³-hybridized carbons (Fsp3) is 0.133. The molecule has 0 unspecified atom stereocenters. The minimum atomic E-state index is -0.329. The molecule has 0 saturated carbocycles. The summed E-state index contributed by atoms with van der Waals surface area (Å²) in [6.07, 6.45) is 2.02. The van der Waals surface area contributed by atoms with Gasteiger partial charge in [0.1, 0.15) is 5.82 Å². The van der Waals surface area contributed by atoms with Crippen molar-refractivity contribution < 1.29 is 4.39 Å². The van der Waals surface area contributed by atoms with E-state index in [2.05, 4.69) is 16.4 Å². The highest BCUT2D eigenvalue weighted by Gasteiger charge is 2.08. The highest BCUT2D eigenvalue weighted by Crippen LogP contribution is 2.30. The normalized spacial score (nSPS) is 11.0. The molecule has 0 aliphatic rings. The number of thioether (sulfide) groups is 1. The van der Waals surface area contributed by atoms with Crippen LogP contribution in [0.4, 0.5) is 15.8 Å². The largest absolute Gasteiger partial charge is 0.397 e. The van der Waals surface area contributed by atoms with Crippen molar-refractivity contribution in [2.24, 2.45) is 0 Å². The van der Waals surface area contributed by atoms with Gasteiger partial charge in [0.2, 0.25) is 0 Å². The SMILES string of the molecule is CSc1nc2c(CNc3ccc(F)cc3N)cccc2s1. The number of thiazole rings is 1. The highest BCUT2D eigenvalue weighted by molar-refractivity contribution is 8.00. The smallest absolute Gasteiger partial charge is 0.150 e. The summed E-state index contributed by atoms with van der Waals surface area (Å²) < 4.78 is 15.3. The Morgan fingerprint density at radius 3 is 2.95 bits per heavy atom. The zero-order valence-corrected chi connectivity index (χ0v) is 13.0. The summed E-state index contributed by atoms with van der Waals surface area (Å²) in [5, 5.41) is 3.24. The number of nitrogens with one attached hydrogen (secondary N) is 1. The molecule has 1 aromatic heterocycles. The van der Waals surface area contributed by atoms with Crippen LogP contribution in [0, 0.1) is 5.82 Å². The van der Waals surface area contributed by atoms with Gasteiger partial charge in [-0.2, -0.15) is 0 Å². The predicted octanol–water partition coefficient (Wildman–Crippen LogP) is 4.35. The zero-order chi connectivity index (χ0) is 14.8. The number of benzene rings is 2. The summed E-state index contributed by atoms with van der Waals surface area (Å²) >= 11 is 3.34. The molecule has 2 aromatic carbocycles. The van der Waals surface area contributed by atoms with Crippen LogP contribution in [0.5, 0.6) is 0 Å². The summed E-state index contributed by atoms with van der Waals surface area (Å²) in [5.74, 6) is -0.329. The summed E-state index contributed by atoms with van der Waals surface area (Å²) in [4.78, 5) is 4.63. The van der Waals surface area contributed by atoms with E-state index in [1.54, 1.807) is 29.2 Å². The van der Waals surface area contributed by atoms with Gasteiger partial charge in [-0.25, -0.2) is 9.37 Å². The van der Waals surface area contributed by atoms with Crippen LogP contribution in [-0.2, 0) is 6.54 Å². The number of anilines is 2. The van der Waals surface area contributed by atoms with E-state index in [-0.39, 0.29) is 5.82 Å². The van der Waals surface area contributed by atoms with Crippen LogP contribution < -0.4 is 11.1 Å². The Hall–Kier alpha value is -1.79. The van der Waals surface area contributed by atoms with Crippen molar-refractivity contribution in [3.63, 3.8) is 0 Å². The second-order valence-corrected chi connectivity index (χ2v) is 6.62. The van der Waals surface area contributed by atoms with E-state index in [4.69, 9.17) is 5.73 Å². The molecule has 3 nitrogen and oxygen atoms in total. The van der Waals surface area contributed by atoms with Crippen LogP contribution in [0.1, 0.15) is 5.56 Å². The summed E-state index contributed by atoms with van der Waals surface area (Å²) in [6.45, 7) is 0.602. The molecule has 3 aromatic rings. The molecule has 21 heavy (non-hydrogen) atoms. The van der Waals surface area contributed by atoms with E-state index < -0.39 is 0 Å². The van der Waals surface area contributed by atoms with Gasteiger partial charge in [0.05, 0.1) is 21.6 Å². The second-order valence-electron chi connectivity index (χ2n) is 4.53. The number of rotatable bonds is 4. The Kier molecular flexibility index (Phi) is 3.98. The number of hydrogen-bond donors (Lipinski definition) is 2. The van der Waals surface area contributed by atoms with E-state index in [0.717, 1.165) is 21.1 Å². The molecular weight excluding hydrogens is 305 g/mol. The summed E-state index contributed by atoms with van der Waals surface area (Å²) in [5.41, 5.74) is 9.06. The van der Waals surface area contributed by atoms with Crippen molar-refractivity contribution in [1.29, 1.82) is 0 Å². The van der Waals surface area contributed by atoms with Crippen molar-refractivity contribution in [2.75, 3.05) is 17.3 Å². The molecule has 0 saturated heterocycles. The lowest BCUT2D eigenvalue weighted by molar-refractivity contribution is 0.628. The summed E-state index contributed by atoms with van der Waals surface area (Å²) in [6, 6.07) is 10.5. The van der Waals surface area contributed by atoms with E-state index in [0.29, 0.717) is 12.2 Å². The van der Waals surface area contributed by atoms with E-state index in [1.165, 1.54) is 16.8 Å². The van der Waals surface area contributed by atoms with E-state index in [1.807, 2.05) is 18.4 Å².